The number of methoxy groups -OCH3 is 1. The number of hydrogen-bond acceptors (Lipinski definition) is 6. The van der Waals surface area contributed by atoms with Crippen LogP contribution in [-0.2, 0) is 4.79 Å². The first kappa shape index (κ1) is 16.6. The second kappa shape index (κ2) is 8.00. The van der Waals surface area contributed by atoms with Crippen molar-refractivity contribution >= 4 is 33.6 Å². The lowest BCUT2D eigenvalue weighted by Crippen LogP contribution is -2.26. The van der Waals surface area contributed by atoms with E-state index in [2.05, 4.69) is 38.0 Å². The quantitative estimate of drug-likeness (QED) is 0.740. The Morgan fingerprint density at radius 3 is 2.77 bits per heavy atom. The highest BCUT2D eigenvalue weighted by atomic mass is 79.9. The van der Waals surface area contributed by atoms with E-state index in [1.54, 1.807) is 7.11 Å². The van der Waals surface area contributed by atoms with Crippen LogP contribution in [0.1, 0.15) is 0 Å². The first-order valence-electron chi connectivity index (χ1n) is 6.29. The minimum Gasteiger partial charge on any atom is -0.497 e. The number of nitrogens with zero attached hydrogens (tertiary/aromatic N) is 2. The molecule has 0 saturated heterocycles. The molecule has 0 aliphatic rings. The highest BCUT2D eigenvalue weighted by molar-refractivity contribution is 9.11. The van der Waals surface area contributed by atoms with E-state index in [-0.39, 0.29) is 11.7 Å². The number of carbonyl (C=O) groups is 1. The summed E-state index contributed by atoms with van der Waals surface area (Å²) in [5.74, 6) is 1.22. The van der Waals surface area contributed by atoms with E-state index in [1.807, 2.05) is 24.3 Å². The van der Waals surface area contributed by atoms with Crippen molar-refractivity contribution in [3.8, 4) is 17.2 Å². The molecule has 22 heavy (non-hydrogen) atoms. The molecule has 0 atom stereocenters. The fraction of sp³-hybridized carbons (Fsp3) is 0.214. The molecule has 6 nitrogen and oxygen atoms in total. The summed E-state index contributed by atoms with van der Waals surface area (Å²) in [7, 11) is 1.60. The highest BCUT2D eigenvalue weighted by Crippen LogP contribution is 2.24. The molecule has 1 N–H and O–H groups in total. The van der Waals surface area contributed by atoms with Gasteiger partial charge in [0, 0.05) is 16.6 Å². The molecule has 0 spiro atoms. The third-order valence-electron chi connectivity index (χ3n) is 2.55. The first-order chi connectivity index (χ1) is 10.6. The zero-order chi connectivity index (χ0) is 15.9. The van der Waals surface area contributed by atoms with Crippen LogP contribution < -0.4 is 10.1 Å². The third kappa shape index (κ3) is 4.88. The number of hydrogen-bond donors (Lipinski definition) is 1. The number of thioether (sulfide) groups is 1. The van der Waals surface area contributed by atoms with E-state index < -0.39 is 0 Å². The Morgan fingerprint density at radius 1 is 1.41 bits per heavy atom. The molecule has 8 heteroatoms. The Bertz CT molecular complexity index is 658. The Hall–Kier alpha value is -1.80. The van der Waals surface area contributed by atoms with Crippen LogP contribution in [0.2, 0.25) is 0 Å². The van der Waals surface area contributed by atoms with Crippen molar-refractivity contribution in [1.82, 2.24) is 15.5 Å². The van der Waals surface area contributed by atoms with E-state index in [0.29, 0.717) is 22.1 Å². The summed E-state index contributed by atoms with van der Waals surface area (Å²) in [4.78, 5) is 11.6. The first-order valence-corrected chi connectivity index (χ1v) is 8.07. The normalized spacial score (nSPS) is 10.3. The second-order valence-corrected chi connectivity index (χ2v) is 6.23. The molecule has 0 aliphatic carbocycles. The number of aromatic nitrogens is 2. The van der Waals surface area contributed by atoms with Gasteiger partial charge in [-0.25, -0.2) is 0 Å². The van der Waals surface area contributed by atoms with E-state index >= 15 is 0 Å². The lowest BCUT2D eigenvalue weighted by molar-refractivity contribution is -0.118. The zero-order valence-electron chi connectivity index (χ0n) is 11.8. The summed E-state index contributed by atoms with van der Waals surface area (Å²) in [5.41, 5.74) is 0.792. The van der Waals surface area contributed by atoms with E-state index in [1.165, 1.54) is 11.8 Å². The smallest absolute Gasteiger partial charge is 0.277 e. The molecule has 0 unspecified atom stereocenters. The number of benzene rings is 1. The van der Waals surface area contributed by atoms with Gasteiger partial charge in [0.1, 0.15) is 5.75 Å². The van der Waals surface area contributed by atoms with Gasteiger partial charge in [0.15, 0.2) is 0 Å². The molecular weight excluding hydrogens is 370 g/mol. The summed E-state index contributed by atoms with van der Waals surface area (Å²) in [6.45, 7) is 4.03. The Morgan fingerprint density at radius 2 is 2.14 bits per heavy atom. The molecule has 1 aromatic heterocycles. The van der Waals surface area contributed by atoms with Crippen LogP contribution in [0.3, 0.4) is 0 Å². The molecular formula is C14H14BrN3O3S. The molecule has 1 amide bonds. The van der Waals surface area contributed by atoms with Gasteiger partial charge in [-0.3, -0.25) is 4.79 Å². The SMILES string of the molecule is C=C(Br)CNC(=O)CSc1nnc(-c2ccc(OC)cc2)o1. The van der Waals surface area contributed by atoms with Crippen LogP contribution in [0.5, 0.6) is 5.75 Å². The maximum absolute atomic E-state index is 11.6. The molecule has 0 bridgehead atoms. The van der Waals surface area contributed by atoms with Gasteiger partial charge in [-0.05, 0) is 24.3 Å². The van der Waals surface area contributed by atoms with Crippen molar-refractivity contribution in [2.45, 2.75) is 5.22 Å². The van der Waals surface area contributed by atoms with Gasteiger partial charge in [0.05, 0.1) is 12.9 Å². The van der Waals surface area contributed by atoms with Crippen LogP contribution in [0.25, 0.3) is 11.5 Å². The number of amides is 1. The van der Waals surface area contributed by atoms with Crippen LogP contribution in [0, 0.1) is 0 Å². The van der Waals surface area contributed by atoms with Gasteiger partial charge in [-0.2, -0.15) is 0 Å². The topological polar surface area (TPSA) is 77.2 Å². The standard InChI is InChI=1S/C14H14BrN3O3S/c1-9(15)7-16-12(19)8-22-14-18-17-13(21-14)10-3-5-11(20-2)6-4-10/h3-6H,1,7-8H2,2H3,(H,16,19). The maximum Gasteiger partial charge on any atom is 0.277 e. The van der Waals surface area contributed by atoms with Crippen LogP contribution in [-0.4, -0.2) is 35.5 Å². The summed E-state index contributed by atoms with van der Waals surface area (Å²) in [6, 6.07) is 7.28. The lowest BCUT2D eigenvalue weighted by Gasteiger charge is -2.01. The Labute approximate surface area is 140 Å². The lowest BCUT2D eigenvalue weighted by atomic mass is 10.2. The summed E-state index contributed by atoms with van der Waals surface area (Å²) in [5, 5.41) is 10.9. The predicted octanol–water partition coefficient (Wildman–Crippen LogP) is 2.86. The van der Waals surface area contributed by atoms with E-state index in [4.69, 9.17) is 9.15 Å². The van der Waals surface area contributed by atoms with Crippen molar-refractivity contribution in [1.29, 1.82) is 0 Å². The van der Waals surface area contributed by atoms with Crippen molar-refractivity contribution < 1.29 is 13.9 Å². The highest BCUT2D eigenvalue weighted by Gasteiger charge is 2.11. The minimum atomic E-state index is -0.130. The monoisotopic (exact) mass is 383 g/mol. The summed E-state index contributed by atoms with van der Waals surface area (Å²) < 4.78 is 11.3. The Kier molecular flexibility index (Phi) is 6.02. The summed E-state index contributed by atoms with van der Waals surface area (Å²) >= 11 is 4.35. The predicted molar refractivity (Wildman–Crippen MR) is 88.1 cm³/mol. The molecule has 0 fully saturated rings. The Balaban J connectivity index is 1.90. The van der Waals surface area contributed by atoms with Crippen LogP contribution in [0.4, 0.5) is 0 Å². The van der Waals surface area contributed by atoms with Gasteiger partial charge in [-0.1, -0.05) is 34.3 Å². The fourth-order valence-electron chi connectivity index (χ4n) is 1.49. The molecule has 2 rings (SSSR count). The number of carbonyl (C=O) groups excluding carboxylic acids is 1. The van der Waals surface area contributed by atoms with Gasteiger partial charge in [0.2, 0.25) is 11.8 Å². The molecule has 1 aromatic carbocycles. The van der Waals surface area contributed by atoms with E-state index in [0.717, 1.165) is 11.3 Å². The number of ether oxygens (including phenoxy) is 1. The fourth-order valence-corrected chi connectivity index (χ4v) is 2.22. The number of nitrogens with one attached hydrogen (secondary N) is 1. The van der Waals surface area contributed by atoms with Crippen LogP contribution in [0.15, 0.2) is 45.0 Å². The zero-order valence-corrected chi connectivity index (χ0v) is 14.2. The molecule has 1 heterocycles. The van der Waals surface area contributed by atoms with Gasteiger partial charge < -0.3 is 14.5 Å². The van der Waals surface area contributed by atoms with Crippen molar-refractivity contribution in [2.24, 2.45) is 0 Å². The van der Waals surface area contributed by atoms with Crippen molar-refractivity contribution in [3.05, 3.63) is 35.3 Å². The van der Waals surface area contributed by atoms with E-state index in [9.17, 15) is 4.79 Å². The number of rotatable bonds is 7. The molecule has 0 radical (unpaired) electrons. The number of halogens is 1. The average Bonchev–Trinajstić information content (AvgIpc) is 3.00. The largest absolute Gasteiger partial charge is 0.497 e. The molecule has 0 aliphatic heterocycles. The summed E-state index contributed by atoms with van der Waals surface area (Å²) in [6.07, 6.45) is 0. The second-order valence-electron chi connectivity index (χ2n) is 4.18. The van der Waals surface area contributed by atoms with Crippen molar-refractivity contribution in [3.63, 3.8) is 0 Å². The van der Waals surface area contributed by atoms with Crippen LogP contribution >= 0.6 is 27.7 Å². The van der Waals surface area contributed by atoms with Gasteiger partial charge in [0.25, 0.3) is 5.22 Å². The van der Waals surface area contributed by atoms with Gasteiger partial charge in [-0.15, -0.1) is 10.2 Å². The average molecular weight is 384 g/mol. The molecule has 116 valence electrons. The van der Waals surface area contributed by atoms with Crippen molar-refractivity contribution in [2.75, 3.05) is 19.4 Å². The molecule has 2 aromatic rings. The molecule has 0 saturated carbocycles. The minimum absolute atomic E-state index is 0.130. The van der Waals surface area contributed by atoms with Gasteiger partial charge >= 0.3 is 0 Å². The maximum atomic E-state index is 11.6. The third-order valence-corrected chi connectivity index (χ3v) is 3.65.